The van der Waals surface area contributed by atoms with Gasteiger partial charge in [0.1, 0.15) is 31.3 Å². The number of nitrogens with zero attached hydrogens (tertiary/aromatic N) is 2. The molecule has 2 aliphatic heterocycles. The van der Waals surface area contributed by atoms with Gasteiger partial charge < -0.3 is 49.4 Å². The molecule has 14 nitrogen and oxygen atoms in total. The Kier molecular flexibility index (Phi) is 32.9. The van der Waals surface area contributed by atoms with Gasteiger partial charge in [0.05, 0.1) is 25.2 Å². The number of fused-ring (bicyclic) bond motifs is 6. The molecule has 0 saturated heterocycles. The average Bonchev–Trinajstić information content (AvgIpc) is 4.01. The maximum atomic E-state index is 13.7. The van der Waals surface area contributed by atoms with Gasteiger partial charge in [0, 0.05) is 60.3 Å². The largest absolute Gasteiger partial charge is 0.456 e. The summed E-state index contributed by atoms with van der Waals surface area (Å²) in [5.41, 5.74) is 2.57. The molecule has 0 fully saturated rings. The number of hydrogen-bond donors (Lipinski definition) is 3. The van der Waals surface area contributed by atoms with E-state index >= 15 is 0 Å². The standard InChI is InChI=1S/C68H105N5O9/c1-5-8-10-12-14-16-18-20-22-24-26-28-30-32-34-38-46-70-66(76)79-51-48-72(7-3)56-42-44-60-62(54-56)81-63-55-57(43-45-61(63)68(60)59-41-37-36-40-58(59)64(74)82-68)73(49-52-78-65(75)69-4)50-53-80-67(77)71-47-39-35-33-31-29-27-25-23-21-19-17-15-13-11-9-6-2/h7,36-37,40-45,54-55H,3,5-6,8-35,38-39,46-53H2,1-2,4H3,(H,69,75)(H,70,76)(H,71,77). The number of ether oxygens (including phenoxy) is 5. The zero-order chi connectivity index (χ0) is 58.3. The summed E-state index contributed by atoms with van der Waals surface area (Å²) in [7, 11) is 1.50. The Morgan fingerprint density at radius 2 is 0.890 bits per heavy atom. The van der Waals surface area contributed by atoms with E-state index in [-0.39, 0.29) is 26.4 Å². The van der Waals surface area contributed by atoms with Crippen LogP contribution in [0.2, 0.25) is 0 Å². The SMILES string of the molecule is C=CN(CCOC(=O)NCCCCCCCCCCCCCCCCCC)c1ccc2c(c1)Oc1cc(N(CCOC(=O)NC)CCOC(=O)NCCCCCCCCCCCCCCCCCC)ccc1C21OC(=O)c2ccccc21. The van der Waals surface area contributed by atoms with E-state index < -0.39 is 29.9 Å². The number of benzene rings is 3. The topological polar surface area (TPSA) is 157 Å². The Balaban J connectivity index is 1.09. The van der Waals surface area contributed by atoms with Crippen LogP contribution in [0.1, 0.15) is 246 Å². The molecule has 82 heavy (non-hydrogen) atoms. The second-order valence-corrected chi connectivity index (χ2v) is 22.6. The molecule has 2 heterocycles. The second kappa shape index (κ2) is 40.3. The highest BCUT2D eigenvalue weighted by Gasteiger charge is 2.53. The third-order valence-corrected chi connectivity index (χ3v) is 16.2. The van der Waals surface area contributed by atoms with Gasteiger partial charge >= 0.3 is 24.2 Å². The lowest BCUT2D eigenvalue weighted by Crippen LogP contribution is -2.35. The Bertz CT molecular complexity index is 2310. The number of carbonyl (C=O) groups is 4. The summed E-state index contributed by atoms with van der Waals surface area (Å²) >= 11 is 0. The molecule has 3 N–H and O–H groups in total. The zero-order valence-corrected chi connectivity index (χ0v) is 50.9. The van der Waals surface area contributed by atoms with Crippen LogP contribution in [0.4, 0.5) is 25.8 Å². The summed E-state index contributed by atoms with van der Waals surface area (Å²) in [6.07, 6.45) is 41.6. The minimum Gasteiger partial charge on any atom is -0.456 e. The highest BCUT2D eigenvalue weighted by atomic mass is 16.6. The van der Waals surface area contributed by atoms with Crippen molar-refractivity contribution < 1.29 is 42.9 Å². The van der Waals surface area contributed by atoms with Gasteiger partial charge in [-0.05, 0) is 49.4 Å². The molecule has 3 aromatic rings. The molecular weight excluding hydrogens is 1030 g/mol. The molecule has 1 unspecified atom stereocenters. The number of amides is 3. The molecule has 1 spiro atoms. The van der Waals surface area contributed by atoms with Crippen molar-refractivity contribution >= 4 is 35.6 Å². The van der Waals surface area contributed by atoms with Crippen molar-refractivity contribution in [3.63, 3.8) is 0 Å². The van der Waals surface area contributed by atoms with Crippen LogP contribution >= 0.6 is 0 Å². The Morgan fingerprint density at radius 3 is 1.33 bits per heavy atom. The van der Waals surface area contributed by atoms with Gasteiger partial charge in [0.25, 0.3) is 0 Å². The molecule has 0 radical (unpaired) electrons. The fourth-order valence-corrected chi connectivity index (χ4v) is 11.4. The number of carbonyl (C=O) groups excluding carboxylic acids is 4. The molecule has 2 aliphatic rings. The van der Waals surface area contributed by atoms with Crippen LogP contribution in [0.3, 0.4) is 0 Å². The summed E-state index contributed by atoms with van der Waals surface area (Å²) in [6, 6.07) is 18.8. The van der Waals surface area contributed by atoms with Gasteiger partial charge in [-0.3, -0.25) is 0 Å². The van der Waals surface area contributed by atoms with Crippen molar-refractivity contribution in [3.05, 3.63) is 95.7 Å². The minimum atomic E-state index is -1.32. The Morgan fingerprint density at radius 1 is 0.500 bits per heavy atom. The molecule has 0 bridgehead atoms. The Labute approximate surface area is 493 Å². The van der Waals surface area contributed by atoms with Crippen molar-refractivity contribution in [2.75, 3.05) is 69.4 Å². The first-order valence-electron chi connectivity index (χ1n) is 32.3. The number of nitrogens with one attached hydrogen (secondary N) is 3. The van der Waals surface area contributed by atoms with Crippen molar-refractivity contribution in [3.8, 4) is 11.5 Å². The summed E-state index contributed by atoms with van der Waals surface area (Å²) < 4.78 is 29.9. The van der Waals surface area contributed by atoms with Gasteiger partial charge in [0.15, 0.2) is 5.60 Å². The van der Waals surface area contributed by atoms with Crippen LogP contribution in [-0.2, 0) is 24.5 Å². The molecular formula is C68H105N5O9. The Hall–Kier alpha value is -5.92. The lowest BCUT2D eigenvalue weighted by molar-refractivity contribution is 0.0224. The lowest BCUT2D eigenvalue weighted by Gasteiger charge is -2.37. The smallest absolute Gasteiger partial charge is 0.407 e. The minimum absolute atomic E-state index is 0.0620. The second-order valence-electron chi connectivity index (χ2n) is 22.6. The normalized spacial score (nSPS) is 13.8. The number of anilines is 2. The number of hydrogen-bond acceptors (Lipinski definition) is 11. The first-order chi connectivity index (χ1) is 40.2. The first kappa shape index (κ1) is 66.9. The summed E-state index contributed by atoms with van der Waals surface area (Å²) in [5, 5.41) is 8.30. The van der Waals surface area contributed by atoms with Gasteiger partial charge in [-0.15, -0.1) is 0 Å². The highest BCUT2D eigenvalue weighted by Crippen LogP contribution is 2.57. The molecule has 3 amide bonds. The molecule has 5 rings (SSSR count). The van der Waals surface area contributed by atoms with Crippen molar-refractivity contribution in [2.45, 2.75) is 225 Å². The van der Waals surface area contributed by atoms with Crippen LogP contribution < -0.4 is 30.5 Å². The zero-order valence-electron chi connectivity index (χ0n) is 50.9. The average molecular weight is 1140 g/mol. The molecule has 14 heteroatoms. The third kappa shape index (κ3) is 23.4. The maximum Gasteiger partial charge on any atom is 0.407 e. The molecule has 456 valence electrons. The van der Waals surface area contributed by atoms with Crippen LogP contribution in [-0.4, -0.2) is 83.8 Å². The molecule has 0 saturated carbocycles. The lowest BCUT2D eigenvalue weighted by atomic mass is 9.77. The number of alkyl carbamates (subject to hydrolysis) is 3. The quantitative estimate of drug-likeness (QED) is 0.0281. The first-order valence-corrected chi connectivity index (χ1v) is 32.3. The predicted octanol–water partition coefficient (Wildman–Crippen LogP) is 17.3. The van der Waals surface area contributed by atoms with E-state index in [0.717, 1.165) is 31.4 Å². The molecule has 0 aliphatic carbocycles. The van der Waals surface area contributed by atoms with E-state index in [1.165, 1.54) is 187 Å². The molecule has 3 aromatic carbocycles. The number of unbranched alkanes of at least 4 members (excludes halogenated alkanes) is 30. The van der Waals surface area contributed by atoms with E-state index in [0.29, 0.717) is 65.6 Å². The molecule has 0 aromatic heterocycles. The summed E-state index contributed by atoms with van der Waals surface area (Å²) in [4.78, 5) is 55.2. The third-order valence-electron chi connectivity index (χ3n) is 16.2. The van der Waals surface area contributed by atoms with E-state index in [1.54, 1.807) is 12.3 Å². The van der Waals surface area contributed by atoms with E-state index in [1.807, 2.05) is 64.4 Å². The van der Waals surface area contributed by atoms with Gasteiger partial charge in [-0.25, -0.2) is 19.2 Å². The van der Waals surface area contributed by atoms with Crippen molar-refractivity contribution in [1.29, 1.82) is 0 Å². The summed E-state index contributed by atoms with van der Waals surface area (Å²) in [6.45, 7) is 10.9. The van der Waals surface area contributed by atoms with Crippen molar-refractivity contribution in [1.82, 2.24) is 16.0 Å². The fraction of sp³-hybridized carbons (Fsp3) is 0.647. The fourth-order valence-electron chi connectivity index (χ4n) is 11.4. The van der Waals surface area contributed by atoms with Crippen molar-refractivity contribution in [2.24, 2.45) is 0 Å². The van der Waals surface area contributed by atoms with Gasteiger partial charge in [-0.1, -0.05) is 231 Å². The van der Waals surface area contributed by atoms with Crippen LogP contribution in [0, 0.1) is 0 Å². The molecule has 1 atom stereocenters. The van der Waals surface area contributed by atoms with Gasteiger partial charge in [-0.2, -0.15) is 0 Å². The van der Waals surface area contributed by atoms with E-state index in [9.17, 15) is 19.2 Å². The van der Waals surface area contributed by atoms with Crippen LogP contribution in [0.15, 0.2) is 73.4 Å². The maximum absolute atomic E-state index is 13.7. The van der Waals surface area contributed by atoms with Crippen LogP contribution in [0.25, 0.3) is 0 Å². The predicted molar refractivity (Wildman–Crippen MR) is 333 cm³/mol. The number of rotatable bonds is 46. The summed E-state index contributed by atoms with van der Waals surface area (Å²) in [5.74, 6) is 0.476. The van der Waals surface area contributed by atoms with Gasteiger partial charge in [0.2, 0.25) is 0 Å². The monoisotopic (exact) mass is 1140 g/mol. The van der Waals surface area contributed by atoms with Crippen LogP contribution in [0.5, 0.6) is 11.5 Å². The van der Waals surface area contributed by atoms with E-state index in [2.05, 4.69) is 36.4 Å². The number of esters is 1. The highest BCUT2D eigenvalue weighted by molar-refractivity contribution is 5.97. The van der Waals surface area contributed by atoms with E-state index in [4.69, 9.17) is 23.7 Å².